The average molecular weight is 307 g/mol. The van der Waals surface area contributed by atoms with Crippen LogP contribution in [-0.2, 0) is 0 Å². The van der Waals surface area contributed by atoms with E-state index in [1.165, 1.54) is 25.6 Å². The van der Waals surface area contributed by atoms with E-state index in [-0.39, 0.29) is 0 Å². The fourth-order valence-electron chi connectivity index (χ4n) is 1.46. The Morgan fingerprint density at radius 3 is 2.88 bits per heavy atom. The van der Waals surface area contributed by atoms with Gasteiger partial charge < -0.3 is 5.32 Å². The quantitative estimate of drug-likeness (QED) is 0.630. The number of halogens is 2. The van der Waals surface area contributed by atoms with Gasteiger partial charge in [-0.15, -0.1) is 0 Å². The summed E-state index contributed by atoms with van der Waals surface area (Å²) in [6.45, 7) is 4.36. The van der Waals surface area contributed by atoms with Crippen molar-refractivity contribution in [1.82, 2.24) is 9.97 Å². The van der Waals surface area contributed by atoms with Crippen LogP contribution in [0.3, 0.4) is 0 Å². The molecule has 0 fully saturated rings. The number of unbranched alkanes of at least 4 members (excludes halogenated alkanes) is 2. The number of hydrogen-bond donors (Lipinski definition) is 1. The summed E-state index contributed by atoms with van der Waals surface area (Å²) in [7, 11) is 0. The van der Waals surface area contributed by atoms with E-state index in [2.05, 4.69) is 45.1 Å². The van der Waals surface area contributed by atoms with Crippen LogP contribution in [0.15, 0.2) is 10.8 Å². The number of aromatic nitrogens is 2. The van der Waals surface area contributed by atoms with Gasteiger partial charge in [-0.25, -0.2) is 9.97 Å². The minimum absolute atomic E-state index is 0.397. The summed E-state index contributed by atoms with van der Waals surface area (Å²) in [5, 5.41) is 3.77. The smallest absolute Gasteiger partial charge is 0.148 e. The van der Waals surface area contributed by atoms with E-state index in [0.29, 0.717) is 11.2 Å². The lowest BCUT2D eigenvalue weighted by Gasteiger charge is -2.15. The molecule has 0 amide bonds. The molecule has 0 saturated heterocycles. The maximum absolute atomic E-state index is 5.89. The highest BCUT2D eigenvalue weighted by Gasteiger charge is 2.09. The Kier molecular flexibility index (Phi) is 6.06. The minimum atomic E-state index is 0.397. The Hall–Kier alpha value is -0.350. The largest absolute Gasteiger partial charge is 0.367 e. The third-order valence-corrected chi connectivity index (χ3v) is 3.64. The predicted molar refractivity (Wildman–Crippen MR) is 72.0 cm³/mol. The zero-order valence-electron chi connectivity index (χ0n) is 9.63. The molecule has 16 heavy (non-hydrogen) atoms. The first-order valence-electron chi connectivity index (χ1n) is 5.57. The molecular formula is C11H17BrClN3. The van der Waals surface area contributed by atoms with E-state index in [4.69, 9.17) is 11.6 Å². The summed E-state index contributed by atoms with van der Waals surface area (Å²) in [6, 6.07) is 0.397. The van der Waals surface area contributed by atoms with Crippen LogP contribution in [0.4, 0.5) is 5.82 Å². The molecule has 0 bridgehead atoms. The second-order valence-electron chi connectivity index (χ2n) is 3.87. The van der Waals surface area contributed by atoms with E-state index in [0.717, 1.165) is 16.7 Å². The van der Waals surface area contributed by atoms with Gasteiger partial charge in [0.15, 0.2) is 0 Å². The lowest BCUT2D eigenvalue weighted by molar-refractivity contribution is 0.613. The van der Waals surface area contributed by atoms with Crippen molar-refractivity contribution in [2.24, 2.45) is 0 Å². The molecule has 1 N–H and O–H groups in total. The molecule has 0 spiro atoms. The summed E-state index contributed by atoms with van der Waals surface area (Å²) in [5.41, 5.74) is 0. The SMILES string of the molecule is CCCCCC(C)Nc1ncnc(Cl)c1Br. The summed E-state index contributed by atoms with van der Waals surface area (Å²) in [4.78, 5) is 8.04. The lowest BCUT2D eigenvalue weighted by atomic mass is 10.1. The molecule has 3 nitrogen and oxygen atoms in total. The van der Waals surface area contributed by atoms with E-state index < -0.39 is 0 Å². The minimum Gasteiger partial charge on any atom is -0.367 e. The number of hydrogen-bond acceptors (Lipinski definition) is 3. The molecule has 5 heteroatoms. The van der Waals surface area contributed by atoms with Crippen molar-refractivity contribution in [2.45, 2.75) is 45.6 Å². The zero-order valence-corrected chi connectivity index (χ0v) is 12.0. The average Bonchev–Trinajstić information content (AvgIpc) is 2.25. The maximum Gasteiger partial charge on any atom is 0.148 e. The molecule has 0 aliphatic heterocycles. The molecule has 0 aromatic carbocycles. The molecule has 1 aromatic heterocycles. The molecule has 1 rings (SSSR count). The van der Waals surface area contributed by atoms with E-state index in [1.807, 2.05) is 0 Å². The second-order valence-corrected chi connectivity index (χ2v) is 5.02. The predicted octanol–water partition coefficient (Wildman–Crippen LogP) is 4.27. The van der Waals surface area contributed by atoms with Crippen LogP contribution >= 0.6 is 27.5 Å². The van der Waals surface area contributed by atoms with Crippen molar-refractivity contribution < 1.29 is 0 Å². The van der Waals surface area contributed by atoms with Gasteiger partial charge in [-0.1, -0.05) is 37.8 Å². The summed E-state index contributed by atoms with van der Waals surface area (Å²) in [5.74, 6) is 0.768. The van der Waals surface area contributed by atoms with Crippen LogP contribution in [0.1, 0.15) is 39.5 Å². The Morgan fingerprint density at radius 2 is 2.19 bits per heavy atom. The van der Waals surface area contributed by atoms with Crippen LogP contribution in [0.5, 0.6) is 0 Å². The summed E-state index contributed by atoms with van der Waals surface area (Å²) in [6.07, 6.45) is 6.37. The highest BCUT2D eigenvalue weighted by Crippen LogP contribution is 2.26. The van der Waals surface area contributed by atoms with Crippen molar-refractivity contribution in [3.8, 4) is 0 Å². The van der Waals surface area contributed by atoms with Gasteiger partial charge in [0.25, 0.3) is 0 Å². The van der Waals surface area contributed by atoms with E-state index in [1.54, 1.807) is 0 Å². The first-order valence-corrected chi connectivity index (χ1v) is 6.74. The fourth-order valence-corrected chi connectivity index (χ4v) is 1.91. The molecule has 1 unspecified atom stereocenters. The van der Waals surface area contributed by atoms with Gasteiger partial charge in [0.05, 0.1) is 4.47 Å². The highest BCUT2D eigenvalue weighted by atomic mass is 79.9. The molecule has 1 heterocycles. The first-order chi connectivity index (χ1) is 7.65. The number of nitrogens with zero attached hydrogens (tertiary/aromatic N) is 2. The summed E-state index contributed by atoms with van der Waals surface area (Å²) < 4.78 is 0.735. The maximum atomic E-state index is 5.89. The standard InChI is InChI=1S/C11H17BrClN3/c1-3-4-5-6-8(2)16-11-9(12)10(13)14-7-15-11/h7-8H,3-6H2,1-2H3,(H,14,15,16). The topological polar surface area (TPSA) is 37.8 Å². The number of nitrogens with one attached hydrogen (secondary N) is 1. The van der Waals surface area contributed by atoms with Gasteiger partial charge in [-0.2, -0.15) is 0 Å². The molecule has 0 aliphatic carbocycles. The molecule has 0 aliphatic rings. The van der Waals surface area contributed by atoms with Gasteiger partial charge in [-0.3, -0.25) is 0 Å². The van der Waals surface area contributed by atoms with Crippen molar-refractivity contribution in [3.05, 3.63) is 16.0 Å². The first kappa shape index (κ1) is 13.7. The van der Waals surface area contributed by atoms with Gasteiger partial charge >= 0.3 is 0 Å². The third-order valence-electron chi connectivity index (χ3n) is 2.37. The number of rotatable bonds is 6. The monoisotopic (exact) mass is 305 g/mol. The van der Waals surface area contributed by atoms with E-state index >= 15 is 0 Å². The molecule has 90 valence electrons. The van der Waals surface area contributed by atoms with Crippen LogP contribution in [0.25, 0.3) is 0 Å². The van der Waals surface area contributed by atoms with Crippen LogP contribution in [-0.4, -0.2) is 16.0 Å². The van der Waals surface area contributed by atoms with Gasteiger partial charge in [0.1, 0.15) is 17.3 Å². The summed E-state index contributed by atoms with van der Waals surface area (Å²) >= 11 is 9.26. The van der Waals surface area contributed by atoms with Gasteiger partial charge in [-0.05, 0) is 29.3 Å². The van der Waals surface area contributed by atoms with Crippen molar-refractivity contribution in [3.63, 3.8) is 0 Å². The normalized spacial score (nSPS) is 12.5. The second kappa shape index (κ2) is 7.07. The van der Waals surface area contributed by atoms with Crippen LogP contribution < -0.4 is 5.32 Å². The Bertz CT molecular complexity index is 333. The van der Waals surface area contributed by atoms with E-state index in [9.17, 15) is 0 Å². The Morgan fingerprint density at radius 1 is 1.44 bits per heavy atom. The van der Waals surface area contributed by atoms with Gasteiger partial charge in [0.2, 0.25) is 0 Å². The fraction of sp³-hybridized carbons (Fsp3) is 0.636. The van der Waals surface area contributed by atoms with Gasteiger partial charge in [0, 0.05) is 6.04 Å². The highest BCUT2D eigenvalue weighted by molar-refractivity contribution is 9.10. The molecule has 1 atom stereocenters. The molecule has 0 saturated carbocycles. The van der Waals surface area contributed by atoms with Crippen molar-refractivity contribution >= 4 is 33.3 Å². The van der Waals surface area contributed by atoms with Crippen molar-refractivity contribution in [2.75, 3.05) is 5.32 Å². The number of anilines is 1. The molecular weight excluding hydrogens is 289 g/mol. The lowest BCUT2D eigenvalue weighted by Crippen LogP contribution is -2.16. The molecule has 1 aromatic rings. The molecule has 0 radical (unpaired) electrons. The Balaban J connectivity index is 2.49. The van der Waals surface area contributed by atoms with Crippen LogP contribution in [0, 0.1) is 0 Å². The third kappa shape index (κ3) is 4.26. The zero-order chi connectivity index (χ0) is 12.0. The van der Waals surface area contributed by atoms with Crippen molar-refractivity contribution in [1.29, 1.82) is 0 Å². The Labute approximate surface area is 110 Å². The van der Waals surface area contributed by atoms with Crippen LogP contribution in [0.2, 0.25) is 5.15 Å².